The first kappa shape index (κ1) is 14.3. The molecule has 2 aliphatic carbocycles. The van der Waals surface area contributed by atoms with Crippen LogP contribution in [0.5, 0.6) is 0 Å². The van der Waals surface area contributed by atoms with Gasteiger partial charge in [0.15, 0.2) is 0 Å². The second kappa shape index (κ2) is 6.35. The Hall–Kier alpha value is -0.130. The molecular formula is C13H25NO3S. The van der Waals surface area contributed by atoms with Gasteiger partial charge in [0.05, 0.1) is 5.75 Å². The molecule has 2 rings (SSSR count). The summed E-state index contributed by atoms with van der Waals surface area (Å²) in [5.74, 6) is 1.57. The van der Waals surface area contributed by atoms with Crippen LogP contribution in [-0.4, -0.2) is 33.9 Å². The second-order valence-electron chi connectivity index (χ2n) is 5.69. The summed E-state index contributed by atoms with van der Waals surface area (Å²) >= 11 is 0. The summed E-state index contributed by atoms with van der Waals surface area (Å²) in [7, 11) is -1.49. The topological polar surface area (TPSA) is 55.4 Å². The van der Waals surface area contributed by atoms with Gasteiger partial charge in [0, 0.05) is 19.8 Å². The number of ether oxygens (including phenoxy) is 1. The Morgan fingerprint density at radius 1 is 1.22 bits per heavy atom. The minimum Gasteiger partial charge on any atom is -0.385 e. The lowest BCUT2D eigenvalue weighted by atomic mass is 9.86. The Bertz CT molecular complexity index is 349. The second-order valence-corrected chi connectivity index (χ2v) is 7.56. The molecule has 0 aromatic carbocycles. The fourth-order valence-electron chi connectivity index (χ4n) is 3.12. The molecule has 2 fully saturated rings. The summed E-state index contributed by atoms with van der Waals surface area (Å²) in [4.78, 5) is 0. The van der Waals surface area contributed by atoms with Crippen LogP contribution in [0, 0.1) is 11.8 Å². The standard InChI is InChI=1S/C13H25NO3S/c1-17-8-5-9-18(15,16)14-13-10-12(13)11-6-3-2-4-7-11/h11-14H,2-10H2,1H3/t12-,13-/m0/s1. The summed E-state index contributed by atoms with van der Waals surface area (Å²) in [6.07, 6.45) is 8.24. The predicted octanol–water partition coefficient (Wildman–Crippen LogP) is 1.91. The molecule has 0 spiro atoms. The van der Waals surface area contributed by atoms with Crippen LogP contribution < -0.4 is 4.72 Å². The van der Waals surface area contributed by atoms with E-state index in [1.165, 1.54) is 32.1 Å². The number of sulfonamides is 1. The molecule has 5 heteroatoms. The molecule has 4 nitrogen and oxygen atoms in total. The first-order chi connectivity index (χ1) is 8.62. The van der Waals surface area contributed by atoms with Crippen LogP contribution in [0.25, 0.3) is 0 Å². The zero-order valence-electron chi connectivity index (χ0n) is 11.2. The van der Waals surface area contributed by atoms with E-state index < -0.39 is 10.0 Å². The van der Waals surface area contributed by atoms with E-state index in [-0.39, 0.29) is 11.8 Å². The number of nitrogens with one attached hydrogen (secondary N) is 1. The molecule has 2 saturated carbocycles. The minimum atomic E-state index is -3.09. The quantitative estimate of drug-likeness (QED) is 0.722. The van der Waals surface area contributed by atoms with Crippen molar-refractivity contribution in [2.75, 3.05) is 19.5 Å². The average molecular weight is 275 g/mol. The third-order valence-corrected chi connectivity index (χ3v) is 5.68. The lowest BCUT2D eigenvalue weighted by molar-refractivity contribution is 0.199. The smallest absolute Gasteiger partial charge is 0.211 e. The number of hydrogen-bond donors (Lipinski definition) is 1. The molecule has 0 radical (unpaired) electrons. The van der Waals surface area contributed by atoms with Crippen LogP contribution in [-0.2, 0) is 14.8 Å². The maximum atomic E-state index is 11.8. The van der Waals surface area contributed by atoms with Crippen molar-refractivity contribution in [2.24, 2.45) is 11.8 Å². The molecule has 1 N–H and O–H groups in total. The molecule has 0 heterocycles. The molecule has 18 heavy (non-hydrogen) atoms. The van der Waals surface area contributed by atoms with Gasteiger partial charge in [-0.25, -0.2) is 13.1 Å². The Balaban J connectivity index is 1.71. The average Bonchev–Trinajstić information content (AvgIpc) is 3.09. The number of methoxy groups -OCH3 is 1. The van der Waals surface area contributed by atoms with Crippen molar-refractivity contribution in [1.82, 2.24) is 4.72 Å². The lowest BCUT2D eigenvalue weighted by Gasteiger charge is -2.21. The molecule has 0 aromatic heterocycles. The third kappa shape index (κ3) is 4.21. The summed E-state index contributed by atoms with van der Waals surface area (Å²) in [6.45, 7) is 0.512. The Labute approximate surface area is 111 Å². The monoisotopic (exact) mass is 275 g/mol. The maximum Gasteiger partial charge on any atom is 0.211 e. The zero-order valence-corrected chi connectivity index (χ0v) is 12.0. The van der Waals surface area contributed by atoms with Crippen LogP contribution in [0.15, 0.2) is 0 Å². The van der Waals surface area contributed by atoms with E-state index in [1.54, 1.807) is 7.11 Å². The summed E-state index contributed by atoms with van der Waals surface area (Å²) < 4.78 is 31.4. The van der Waals surface area contributed by atoms with Gasteiger partial charge in [0.25, 0.3) is 0 Å². The molecular weight excluding hydrogens is 250 g/mol. The first-order valence-electron chi connectivity index (χ1n) is 7.11. The van der Waals surface area contributed by atoms with Gasteiger partial charge in [-0.05, 0) is 24.7 Å². The molecule has 0 unspecified atom stereocenters. The van der Waals surface area contributed by atoms with Crippen molar-refractivity contribution in [2.45, 2.75) is 51.0 Å². The fourth-order valence-corrected chi connectivity index (χ4v) is 4.46. The number of rotatable bonds is 7. The highest BCUT2D eigenvalue weighted by molar-refractivity contribution is 7.89. The lowest BCUT2D eigenvalue weighted by Crippen LogP contribution is -2.31. The van der Waals surface area contributed by atoms with Crippen molar-refractivity contribution in [3.8, 4) is 0 Å². The van der Waals surface area contributed by atoms with E-state index in [1.807, 2.05) is 0 Å². The highest BCUT2D eigenvalue weighted by Crippen LogP contribution is 2.44. The maximum absolute atomic E-state index is 11.8. The van der Waals surface area contributed by atoms with Crippen molar-refractivity contribution in [1.29, 1.82) is 0 Å². The molecule has 0 aromatic rings. The Morgan fingerprint density at radius 3 is 2.61 bits per heavy atom. The van der Waals surface area contributed by atoms with Gasteiger partial charge in [0.1, 0.15) is 0 Å². The normalized spacial score (nSPS) is 29.4. The first-order valence-corrected chi connectivity index (χ1v) is 8.76. The van der Waals surface area contributed by atoms with Crippen LogP contribution in [0.4, 0.5) is 0 Å². The van der Waals surface area contributed by atoms with Crippen LogP contribution in [0.3, 0.4) is 0 Å². The van der Waals surface area contributed by atoms with Gasteiger partial charge in [-0.3, -0.25) is 0 Å². The molecule has 106 valence electrons. The zero-order chi connectivity index (χ0) is 13.0. The van der Waals surface area contributed by atoms with Crippen molar-refractivity contribution in [3.05, 3.63) is 0 Å². The van der Waals surface area contributed by atoms with Crippen molar-refractivity contribution < 1.29 is 13.2 Å². The Kier molecular flexibility index (Phi) is 5.04. The van der Waals surface area contributed by atoms with Crippen LogP contribution in [0.1, 0.15) is 44.9 Å². The third-order valence-electron chi connectivity index (χ3n) is 4.19. The molecule has 0 aliphatic heterocycles. The van der Waals surface area contributed by atoms with Gasteiger partial charge in [-0.15, -0.1) is 0 Å². The Morgan fingerprint density at radius 2 is 1.94 bits per heavy atom. The molecule has 0 amide bonds. The van der Waals surface area contributed by atoms with Crippen molar-refractivity contribution in [3.63, 3.8) is 0 Å². The summed E-state index contributed by atoms with van der Waals surface area (Å²) in [5, 5.41) is 0. The van der Waals surface area contributed by atoms with E-state index >= 15 is 0 Å². The van der Waals surface area contributed by atoms with Gasteiger partial charge >= 0.3 is 0 Å². The number of hydrogen-bond acceptors (Lipinski definition) is 3. The van der Waals surface area contributed by atoms with Gasteiger partial charge in [-0.2, -0.15) is 0 Å². The minimum absolute atomic E-state index is 0.189. The molecule has 0 saturated heterocycles. The fraction of sp³-hybridized carbons (Fsp3) is 1.00. The predicted molar refractivity (Wildman–Crippen MR) is 71.9 cm³/mol. The summed E-state index contributed by atoms with van der Waals surface area (Å²) in [5.41, 5.74) is 0. The van der Waals surface area contributed by atoms with Gasteiger partial charge < -0.3 is 4.74 Å². The van der Waals surface area contributed by atoms with Gasteiger partial charge in [-0.1, -0.05) is 32.1 Å². The largest absolute Gasteiger partial charge is 0.385 e. The van der Waals surface area contributed by atoms with Gasteiger partial charge in [0.2, 0.25) is 10.0 Å². The van der Waals surface area contributed by atoms with Crippen LogP contribution >= 0.6 is 0 Å². The summed E-state index contributed by atoms with van der Waals surface area (Å²) in [6, 6.07) is 0.223. The molecule has 0 bridgehead atoms. The highest BCUT2D eigenvalue weighted by atomic mass is 32.2. The SMILES string of the molecule is COCCCS(=O)(=O)N[C@H]1C[C@H]1C1CCCCC1. The molecule has 2 atom stereocenters. The molecule has 2 aliphatic rings. The highest BCUT2D eigenvalue weighted by Gasteiger charge is 2.44. The van der Waals surface area contributed by atoms with Crippen LogP contribution in [0.2, 0.25) is 0 Å². The van der Waals surface area contributed by atoms with E-state index in [0.29, 0.717) is 18.9 Å². The van der Waals surface area contributed by atoms with E-state index in [9.17, 15) is 8.42 Å². The van der Waals surface area contributed by atoms with E-state index in [4.69, 9.17) is 4.74 Å². The van der Waals surface area contributed by atoms with E-state index in [0.717, 1.165) is 12.3 Å². The van der Waals surface area contributed by atoms with Crippen molar-refractivity contribution >= 4 is 10.0 Å². The van der Waals surface area contributed by atoms with E-state index in [2.05, 4.69) is 4.72 Å².